The molecule has 1 unspecified atom stereocenters. The monoisotopic (exact) mass is 304 g/mol. The summed E-state index contributed by atoms with van der Waals surface area (Å²) in [5, 5.41) is 3.50. The van der Waals surface area contributed by atoms with E-state index in [1.54, 1.807) is 0 Å². The molecule has 2 nitrogen and oxygen atoms in total. The fourth-order valence-corrected chi connectivity index (χ4v) is 2.20. The van der Waals surface area contributed by atoms with E-state index in [2.05, 4.69) is 69.6 Å². The largest absolute Gasteiger partial charge is 0.306 e. The van der Waals surface area contributed by atoms with E-state index < -0.39 is 0 Å². The van der Waals surface area contributed by atoms with Crippen LogP contribution in [0.5, 0.6) is 0 Å². The van der Waals surface area contributed by atoms with E-state index in [9.17, 15) is 0 Å². The summed E-state index contributed by atoms with van der Waals surface area (Å²) in [6.45, 7) is 5.05. The molecule has 0 fully saturated rings. The summed E-state index contributed by atoms with van der Waals surface area (Å²) < 4.78 is 1.10. The second kappa shape index (κ2) is 6.12. The van der Waals surface area contributed by atoms with Crippen molar-refractivity contribution in [2.45, 2.75) is 19.9 Å². The average molecular weight is 305 g/mol. The molecular formula is C15H17BrN2. The van der Waals surface area contributed by atoms with Crippen LogP contribution in [-0.4, -0.2) is 11.5 Å². The van der Waals surface area contributed by atoms with Crippen molar-refractivity contribution < 1.29 is 0 Å². The van der Waals surface area contributed by atoms with E-state index >= 15 is 0 Å². The summed E-state index contributed by atoms with van der Waals surface area (Å²) >= 11 is 3.47. The molecule has 0 spiro atoms. The van der Waals surface area contributed by atoms with Gasteiger partial charge < -0.3 is 5.32 Å². The Morgan fingerprint density at radius 3 is 2.33 bits per heavy atom. The van der Waals surface area contributed by atoms with E-state index in [1.807, 2.05) is 13.1 Å². The van der Waals surface area contributed by atoms with Gasteiger partial charge in [0, 0.05) is 16.4 Å². The Morgan fingerprint density at radius 2 is 1.78 bits per heavy atom. The molecule has 18 heavy (non-hydrogen) atoms. The summed E-state index contributed by atoms with van der Waals surface area (Å²) in [5.74, 6) is 0. The Balaban J connectivity index is 2.33. The highest BCUT2D eigenvalue weighted by Crippen LogP contribution is 2.23. The number of aryl methyl sites for hydroxylation is 1. The second-order valence-corrected chi connectivity index (χ2v) is 5.19. The first kappa shape index (κ1) is 13.2. The third-order valence-electron chi connectivity index (χ3n) is 2.88. The van der Waals surface area contributed by atoms with Gasteiger partial charge in [0.05, 0.1) is 6.04 Å². The SMILES string of the molecule is CCNC(c1ccc(Br)cc1)c1ccc(C)nc1. The van der Waals surface area contributed by atoms with Gasteiger partial charge in [-0.25, -0.2) is 0 Å². The van der Waals surface area contributed by atoms with Crippen molar-refractivity contribution in [3.8, 4) is 0 Å². The third kappa shape index (κ3) is 3.18. The molecule has 1 N–H and O–H groups in total. The number of aromatic nitrogens is 1. The summed E-state index contributed by atoms with van der Waals surface area (Å²) in [5.41, 5.74) is 3.50. The van der Waals surface area contributed by atoms with Crippen molar-refractivity contribution in [2.24, 2.45) is 0 Å². The Bertz CT molecular complexity index is 445. The Labute approximate surface area is 117 Å². The molecule has 3 heteroatoms. The van der Waals surface area contributed by atoms with Crippen LogP contribution in [0.4, 0.5) is 0 Å². The van der Waals surface area contributed by atoms with E-state index in [-0.39, 0.29) is 6.04 Å². The smallest absolute Gasteiger partial charge is 0.0591 e. The Hall–Kier alpha value is -1.19. The van der Waals surface area contributed by atoms with Crippen molar-refractivity contribution >= 4 is 15.9 Å². The zero-order chi connectivity index (χ0) is 13.0. The van der Waals surface area contributed by atoms with Gasteiger partial charge in [-0.2, -0.15) is 0 Å². The highest BCUT2D eigenvalue weighted by Gasteiger charge is 2.12. The van der Waals surface area contributed by atoms with E-state index in [0.717, 1.165) is 16.7 Å². The maximum atomic E-state index is 4.38. The van der Waals surface area contributed by atoms with Gasteiger partial charge in [-0.1, -0.05) is 41.1 Å². The van der Waals surface area contributed by atoms with Crippen LogP contribution in [0, 0.1) is 6.92 Å². The van der Waals surface area contributed by atoms with Gasteiger partial charge in [0.1, 0.15) is 0 Å². The lowest BCUT2D eigenvalue weighted by Crippen LogP contribution is -2.22. The van der Waals surface area contributed by atoms with Crippen LogP contribution < -0.4 is 5.32 Å². The number of hydrogen-bond acceptors (Lipinski definition) is 2. The maximum Gasteiger partial charge on any atom is 0.0591 e. The highest BCUT2D eigenvalue weighted by atomic mass is 79.9. The molecule has 1 heterocycles. The number of hydrogen-bond donors (Lipinski definition) is 1. The minimum absolute atomic E-state index is 0.205. The fourth-order valence-electron chi connectivity index (χ4n) is 1.94. The van der Waals surface area contributed by atoms with E-state index in [1.165, 1.54) is 11.1 Å². The zero-order valence-electron chi connectivity index (χ0n) is 10.7. The first-order chi connectivity index (χ1) is 8.70. The number of rotatable bonds is 4. The summed E-state index contributed by atoms with van der Waals surface area (Å²) in [4.78, 5) is 4.38. The zero-order valence-corrected chi connectivity index (χ0v) is 12.2. The lowest BCUT2D eigenvalue weighted by Gasteiger charge is -2.18. The number of benzene rings is 1. The topological polar surface area (TPSA) is 24.9 Å². The Kier molecular flexibility index (Phi) is 4.50. The van der Waals surface area contributed by atoms with Crippen molar-refractivity contribution in [3.05, 3.63) is 63.9 Å². The van der Waals surface area contributed by atoms with Gasteiger partial charge in [-0.05, 0) is 42.8 Å². The lowest BCUT2D eigenvalue weighted by atomic mass is 10.00. The van der Waals surface area contributed by atoms with Crippen molar-refractivity contribution in [2.75, 3.05) is 6.54 Å². The standard InChI is InChI=1S/C15H17BrN2/c1-3-17-15(12-6-8-14(16)9-7-12)13-5-4-11(2)18-10-13/h4-10,15,17H,3H2,1-2H3. The van der Waals surface area contributed by atoms with Crippen molar-refractivity contribution in [3.63, 3.8) is 0 Å². The van der Waals surface area contributed by atoms with Gasteiger partial charge in [-0.3, -0.25) is 4.98 Å². The molecule has 0 amide bonds. The molecule has 94 valence electrons. The first-order valence-corrected chi connectivity index (χ1v) is 6.91. The number of pyridine rings is 1. The average Bonchev–Trinajstić information content (AvgIpc) is 2.39. The molecular weight excluding hydrogens is 288 g/mol. The summed E-state index contributed by atoms with van der Waals surface area (Å²) in [6, 6.07) is 12.8. The molecule has 1 aromatic heterocycles. The van der Waals surface area contributed by atoms with Gasteiger partial charge in [0.15, 0.2) is 0 Å². The first-order valence-electron chi connectivity index (χ1n) is 6.12. The van der Waals surface area contributed by atoms with Crippen LogP contribution in [0.15, 0.2) is 47.1 Å². The van der Waals surface area contributed by atoms with Crippen molar-refractivity contribution in [1.29, 1.82) is 0 Å². The second-order valence-electron chi connectivity index (χ2n) is 4.28. The molecule has 2 rings (SSSR count). The van der Waals surface area contributed by atoms with Gasteiger partial charge in [0.25, 0.3) is 0 Å². The number of nitrogens with zero attached hydrogens (tertiary/aromatic N) is 1. The predicted molar refractivity (Wildman–Crippen MR) is 78.6 cm³/mol. The molecule has 1 aromatic carbocycles. The highest BCUT2D eigenvalue weighted by molar-refractivity contribution is 9.10. The van der Waals surface area contributed by atoms with Crippen molar-refractivity contribution in [1.82, 2.24) is 10.3 Å². The van der Waals surface area contributed by atoms with E-state index in [0.29, 0.717) is 0 Å². The molecule has 0 aliphatic rings. The molecule has 0 aliphatic carbocycles. The minimum Gasteiger partial charge on any atom is -0.306 e. The van der Waals surface area contributed by atoms with E-state index in [4.69, 9.17) is 0 Å². The third-order valence-corrected chi connectivity index (χ3v) is 3.41. The molecule has 0 bridgehead atoms. The van der Waals surface area contributed by atoms with Crippen LogP contribution in [0.25, 0.3) is 0 Å². The van der Waals surface area contributed by atoms with Gasteiger partial charge in [-0.15, -0.1) is 0 Å². The van der Waals surface area contributed by atoms with Gasteiger partial charge >= 0.3 is 0 Å². The number of halogens is 1. The normalized spacial score (nSPS) is 12.4. The van der Waals surface area contributed by atoms with Crippen LogP contribution in [-0.2, 0) is 0 Å². The lowest BCUT2D eigenvalue weighted by molar-refractivity contribution is 0.628. The minimum atomic E-state index is 0.205. The molecule has 0 saturated carbocycles. The van der Waals surface area contributed by atoms with Crippen LogP contribution in [0.2, 0.25) is 0 Å². The summed E-state index contributed by atoms with van der Waals surface area (Å²) in [7, 11) is 0. The fraction of sp³-hybridized carbons (Fsp3) is 0.267. The predicted octanol–water partition coefficient (Wildman–Crippen LogP) is 3.85. The molecule has 1 atom stereocenters. The molecule has 0 radical (unpaired) electrons. The Morgan fingerprint density at radius 1 is 1.11 bits per heavy atom. The number of nitrogens with one attached hydrogen (secondary N) is 1. The quantitative estimate of drug-likeness (QED) is 0.928. The molecule has 0 aliphatic heterocycles. The summed E-state index contributed by atoms with van der Waals surface area (Å²) in [6.07, 6.45) is 1.95. The van der Waals surface area contributed by atoms with Crippen LogP contribution in [0.3, 0.4) is 0 Å². The molecule has 0 saturated heterocycles. The maximum absolute atomic E-state index is 4.38. The van der Waals surface area contributed by atoms with Gasteiger partial charge in [0.2, 0.25) is 0 Å². The van der Waals surface area contributed by atoms with Crippen LogP contribution >= 0.6 is 15.9 Å². The van der Waals surface area contributed by atoms with Crippen LogP contribution in [0.1, 0.15) is 29.8 Å². The molecule has 2 aromatic rings.